The molecule has 1 aliphatic rings. The lowest BCUT2D eigenvalue weighted by molar-refractivity contribution is -0.147. The average Bonchev–Trinajstić information content (AvgIpc) is 3.13. The molecular weight excluding hydrogens is 292 g/mol. The summed E-state index contributed by atoms with van der Waals surface area (Å²) >= 11 is 0. The van der Waals surface area contributed by atoms with Gasteiger partial charge < -0.3 is 15.0 Å². The topological polar surface area (TPSA) is 71.3 Å². The molecule has 0 atom stereocenters. The van der Waals surface area contributed by atoms with Crippen molar-refractivity contribution in [3.8, 4) is 0 Å². The summed E-state index contributed by atoms with van der Waals surface area (Å²) in [5, 5.41) is 13.3. The van der Waals surface area contributed by atoms with Crippen LogP contribution in [-0.2, 0) is 22.6 Å². The lowest BCUT2D eigenvalue weighted by Gasteiger charge is -2.25. The minimum atomic E-state index is -1.07. The number of rotatable bonds is 5. The molecule has 1 aromatic carbocycles. The van der Waals surface area contributed by atoms with Gasteiger partial charge in [-0.2, -0.15) is 0 Å². The van der Waals surface area contributed by atoms with E-state index in [9.17, 15) is 14.7 Å². The second kappa shape index (κ2) is 6.07. The average molecular weight is 314 g/mol. The summed E-state index contributed by atoms with van der Waals surface area (Å²) < 4.78 is 2.11. The highest BCUT2D eigenvalue weighted by Crippen LogP contribution is 2.30. The molecule has 1 fully saturated rings. The van der Waals surface area contributed by atoms with Crippen LogP contribution in [0.15, 0.2) is 30.5 Å². The van der Waals surface area contributed by atoms with Crippen molar-refractivity contribution in [3.05, 3.63) is 36.0 Å². The van der Waals surface area contributed by atoms with Gasteiger partial charge in [-0.1, -0.05) is 31.0 Å². The first kappa shape index (κ1) is 15.6. The zero-order chi connectivity index (χ0) is 16.4. The molecule has 3 rings (SSSR count). The van der Waals surface area contributed by atoms with Crippen molar-refractivity contribution in [3.63, 3.8) is 0 Å². The number of fused-ring (bicyclic) bond motifs is 1. The summed E-state index contributed by atoms with van der Waals surface area (Å²) in [5.74, 6) is -1.13. The van der Waals surface area contributed by atoms with Crippen LogP contribution in [0.3, 0.4) is 0 Å². The molecule has 122 valence electrons. The maximum Gasteiger partial charge on any atom is 0.329 e. The van der Waals surface area contributed by atoms with Crippen LogP contribution in [0.1, 0.15) is 38.2 Å². The normalized spacial score (nSPS) is 16.6. The molecule has 0 unspecified atom stereocenters. The molecule has 5 heteroatoms. The van der Waals surface area contributed by atoms with Crippen LogP contribution < -0.4 is 5.32 Å². The predicted octanol–water partition coefficient (Wildman–Crippen LogP) is 2.72. The number of amides is 1. The number of aromatic nitrogens is 1. The van der Waals surface area contributed by atoms with Gasteiger partial charge in [-0.3, -0.25) is 4.79 Å². The highest BCUT2D eigenvalue weighted by Gasteiger charge is 2.42. The fourth-order valence-electron chi connectivity index (χ4n) is 3.58. The Morgan fingerprint density at radius 1 is 1.26 bits per heavy atom. The van der Waals surface area contributed by atoms with Gasteiger partial charge in [-0.25, -0.2) is 4.79 Å². The molecule has 0 bridgehead atoms. The third kappa shape index (κ3) is 2.83. The van der Waals surface area contributed by atoms with Crippen molar-refractivity contribution in [2.75, 3.05) is 0 Å². The highest BCUT2D eigenvalue weighted by molar-refractivity contribution is 5.92. The van der Waals surface area contributed by atoms with E-state index in [1.165, 1.54) is 0 Å². The maximum atomic E-state index is 12.4. The molecule has 2 N–H and O–H groups in total. The lowest BCUT2D eigenvalue weighted by atomic mass is 9.97. The van der Waals surface area contributed by atoms with Crippen molar-refractivity contribution >= 4 is 22.8 Å². The van der Waals surface area contributed by atoms with Gasteiger partial charge in [-0.05, 0) is 31.4 Å². The first-order chi connectivity index (χ1) is 11.1. The zero-order valence-corrected chi connectivity index (χ0v) is 13.3. The number of benzene rings is 1. The molecule has 0 radical (unpaired) electrons. The van der Waals surface area contributed by atoms with E-state index in [1.54, 1.807) is 0 Å². The Morgan fingerprint density at radius 2 is 1.96 bits per heavy atom. The Hall–Kier alpha value is -2.30. The van der Waals surface area contributed by atoms with Crippen molar-refractivity contribution in [2.24, 2.45) is 0 Å². The standard InChI is InChI=1S/C18H22N2O3/c1-2-20-12-13(14-7-3-4-8-15(14)20)11-16(21)19-18(17(22)23)9-5-6-10-18/h3-4,7-8,12H,2,5-6,9-11H2,1H3,(H,19,21)(H,22,23). The Morgan fingerprint density at radius 3 is 2.61 bits per heavy atom. The van der Waals surface area contributed by atoms with Crippen molar-refractivity contribution in [2.45, 2.75) is 51.1 Å². The van der Waals surface area contributed by atoms with Crippen LogP contribution in [0, 0.1) is 0 Å². The SMILES string of the molecule is CCn1cc(CC(=O)NC2(C(=O)O)CCCC2)c2ccccc21. The first-order valence-electron chi connectivity index (χ1n) is 8.17. The predicted molar refractivity (Wildman–Crippen MR) is 88.3 cm³/mol. The van der Waals surface area contributed by atoms with Crippen LogP contribution in [0.5, 0.6) is 0 Å². The number of carboxylic acid groups (broad SMARTS) is 1. The molecule has 0 aliphatic heterocycles. The number of carbonyl (C=O) groups excluding carboxylic acids is 1. The number of aryl methyl sites for hydroxylation is 1. The van der Waals surface area contributed by atoms with E-state index in [-0.39, 0.29) is 12.3 Å². The number of nitrogens with zero attached hydrogens (tertiary/aromatic N) is 1. The summed E-state index contributed by atoms with van der Waals surface area (Å²) in [6.07, 6.45) is 4.94. The summed E-state index contributed by atoms with van der Waals surface area (Å²) in [6, 6.07) is 7.98. The number of nitrogens with one attached hydrogen (secondary N) is 1. The van der Waals surface area contributed by atoms with E-state index in [4.69, 9.17) is 0 Å². The quantitative estimate of drug-likeness (QED) is 0.891. The van der Waals surface area contributed by atoms with Crippen LogP contribution in [0.25, 0.3) is 10.9 Å². The Kier molecular flexibility index (Phi) is 4.11. The van der Waals surface area contributed by atoms with Crippen LogP contribution >= 0.6 is 0 Å². The van der Waals surface area contributed by atoms with Gasteiger partial charge >= 0.3 is 5.97 Å². The molecule has 1 aliphatic carbocycles. The third-order valence-corrected chi connectivity index (χ3v) is 4.81. The number of carbonyl (C=O) groups is 2. The summed E-state index contributed by atoms with van der Waals surface area (Å²) in [7, 11) is 0. The molecule has 1 amide bonds. The first-order valence-corrected chi connectivity index (χ1v) is 8.17. The molecule has 0 saturated heterocycles. The molecule has 5 nitrogen and oxygen atoms in total. The minimum Gasteiger partial charge on any atom is -0.480 e. The monoisotopic (exact) mass is 314 g/mol. The Bertz CT molecular complexity index is 742. The molecule has 0 spiro atoms. The molecular formula is C18H22N2O3. The minimum absolute atomic E-state index is 0.211. The molecule has 1 heterocycles. The van der Waals surface area contributed by atoms with Gasteiger partial charge in [0.2, 0.25) is 5.91 Å². The van der Waals surface area contributed by atoms with Gasteiger partial charge in [0.25, 0.3) is 0 Å². The van der Waals surface area contributed by atoms with Gasteiger partial charge in [0.05, 0.1) is 6.42 Å². The van der Waals surface area contributed by atoms with Crippen LogP contribution in [0.2, 0.25) is 0 Å². The van der Waals surface area contributed by atoms with E-state index in [1.807, 2.05) is 30.5 Å². The molecule has 2 aromatic rings. The fraction of sp³-hybridized carbons (Fsp3) is 0.444. The number of para-hydroxylation sites is 1. The van der Waals surface area contributed by atoms with E-state index >= 15 is 0 Å². The van der Waals surface area contributed by atoms with Crippen LogP contribution in [0.4, 0.5) is 0 Å². The largest absolute Gasteiger partial charge is 0.480 e. The van der Waals surface area contributed by atoms with E-state index in [0.717, 1.165) is 35.9 Å². The second-order valence-corrected chi connectivity index (χ2v) is 6.28. The van der Waals surface area contributed by atoms with Crippen LogP contribution in [-0.4, -0.2) is 27.1 Å². The van der Waals surface area contributed by atoms with Gasteiger partial charge in [0.1, 0.15) is 5.54 Å². The summed E-state index contributed by atoms with van der Waals surface area (Å²) in [6.45, 7) is 2.90. The van der Waals surface area contributed by atoms with Crippen molar-refractivity contribution in [1.82, 2.24) is 9.88 Å². The maximum absolute atomic E-state index is 12.4. The molecule has 1 saturated carbocycles. The smallest absolute Gasteiger partial charge is 0.329 e. The number of carboxylic acids is 1. The fourth-order valence-corrected chi connectivity index (χ4v) is 3.58. The van der Waals surface area contributed by atoms with Gasteiger partial charge in [0, 0.05) is 23.6 Å². The van der Waals surface area contributed by atoms with Crippen molar-refractivity contribution < 1.29 is 14.7 Å². The Balaban J connectivity index is 1.82. The number of aliphatic carboxylic acids is 1. The molecule has 1 aromatic heterocycles. The second-order valence-electron chi connectivity index (χ2n) is 6.28. The highest BCUT2D eigenvalue weighted by atomic mass is 16.4. The van der Waals surface area contributed by atoms with Crippen molar-refractivity contribution in [1.29, 1.82) is 0 Å². The van der Waals surface area contributed by atoms with Gasteiger partial charge in [-0.15, -0.1) is 0 Å². The zero-order valence-electron chi connectivity index (χ0n) is 13.3. The molecule has 23 heavy (non-hydrogen) atoms. The summed E-state index contributed by atoms with van der Waals surface area (Å²) in [4.78, 5) is 24.0. The van der Waals surface area contributed by atoms with E-state index < -0.39 is 11.5 Å². The Labute approximate surface area is 135 Å². The van der Waals surface area contributed by atoms with E-state index in [2.05, 4.69) is 16.8 Å². The number of hydrogen-bond acceptors (Lipinski definition) is 2. The third-order valence-electron chi connectivity index (χ3n) is 4.81. The van der Waals surface area contributed by atoms with E-state index in [0.29, 0.717) is 12.8 Å². The number of hydrogen-bond donors (Lipinski definition) is 2. The lowest BCUT2D eigenvalue weighted by Crippen LogP contribution is -2.52. The summed E-state index contributed by atoms with van der Waals surface area (Å²) in [5.41, 5.74) is 0.977. The van der Waals surface area contributed by atoms with Gasteiger partial charge in [0.15, 0.2) is 0 Å².